The highest BCUT2D eigenvalue weighted by molar-refractivity contribution is 6.10. The Morgan fingerprint density at radius 2 is 2.04 bits per heavy atom. The molecule has 0 radical (unpaired) electrons. The first-order valence-corrected chi connectivity index (χ1v) is 9.02. The second kappa shape index (κ2) is 8.07. The molecule has 3 rings (SSSR count). The molecule has 0 aliphatic carbocycles. The Bertz CT molecular complexity index is 844. The van der Waals surface area contributed by atoms with Gasteiger partial charge in [0.1, 0.15) is 12.3 Å². The second-order valence-electron chi connectivity index (χ2n) is 6.28. The van der Waals surface area contributed by atoms with E-state index in [0.717, 1.165) is 6.42 Å². The van der Waals surface area contributed by atoms with Crippen LogP contribution in [0.2, 0.25) is 0 Å². The summed E-state index contributed by atoms with van der Waals surface area (Å²) in [5.74, 6) is -0.171. The van der Waals surface area contributed by atoms with Gasteiger partial charge in [-0.1, -0.05) is 13.8 Å². The molecule has 1 aromatic heterocycles. The van der Waals surface area contributed by atoms with Gasteiger partial charge in [-0.15, -0.1) is 0 Å². The predicted molar refractivity (Wildman–Crippen MR) is 98.9 cm³/mol. The van der Waals surface area contributed by atoms with E-state index in [4.69, 9.17) is 9.15 Å². The number of ketones is 1. The van der Waals surface area contributed by atoms with Crippen LogP contribution in [0.25, 0.3) is 0 Å². The van der Waals surface area contributed by atoms with E-state index in [1.807, 2.05) is 13.8 Å². The Kier molecular flexibility index (Phi) is 5.59. The highest BCUT2D eigenvalue weighted by Gasteiger charge is 2.35. The van der Waals surface area contributed by atoms with Crippen molar-refractivity contribution in [2.45, 2.75) is 32.8 Å². The van der Waals surface area contributed by atoms with Gasteiger partial charge < -0.3 is 14.5 Å². The van der Waals surface area contributed by atoms with Gasteiger partial charge in [-0.3, -0.25) is 19.3 Å². The van der Waals surface area contributed by atoms with E-state index in [1.165, 1.54) is 11.2 Å². The average molecular weight is 370 g/mol. The molecule has 0 fully saturated rings. The lowest BCUT2D eigenvalue weighted by molar-refractivity contribution is -0.129. The largest absolute Gasteiger partial charge is 0.478 e. The highest BCUT2D eigenvalue weighted by atomic mass is 16.5. The van der Waals surface area contributed by atoms with Crippen LogP contribution in [0.4, 0.5) is 5.69 Å². The number of amides is 2. The standard InChI is InChI=1S/C20H22N2O5/c1-3-9-21-18(23)12-22-14-11-13(19(24)17-6-5-10-26-17)7-8-16(14)27-15(4-2)20(22)25/h5-8,10-11,15H,3-4,9,12H2,1-2H3,(H,21,23)/t15-/m1/s1. The summed E-state index contributed by atoms with van der Waals surface area (Å²) in [6.07, 6.45) is 2.06. The molecule has 0 saturated heterocycles. The van der Waals surface area contributed by atoms with Crippen molar-refractivity contribution >= 4 is 23.3 Å². The summed E-state index contributed by atoms with van der Waals surface area (Å²) in [7, 11) is 0. The summed E-state index contributed by atoms with van der Waals surface area (Å²) in [5, 5.41) is 2.77. The van der Waals surface area contributed by atoms with Crippen LogP contribution < -0.4 is 15.0 Å². The van der Waals surface area contributed by atoms with Crippen LogP contribution >= 0.6 is 0 Å². The second-order valence-corrected chi connectivity index (χ2v) is 6.28. The molecule has 0 saturated carbocycles. The summed E-state index contributed by atoms with van der Waals surface area (Å²) in [6, 6.07) is 8.05. The zero-order chi connectivity index (χ0) is 19.4. The molecule has 1 N–H and O–H groups in total. The van der Waals surface area contributed by atoms with E-state index < -0.39 is 6.10 Å². The number of carbonyl (C=O) groups is 3. The lowest BCUT2D eigenvalue weighted by atomic mass is 10.0. The molecule has 142 valence electrons. The summed E-state index contributed by atoms with van der Waals surface area (Å²) >= 11 is 0. The van der Waals surface area contributed by atoms with Crippen molar-refractivity contribution in [2.75, 3.05) is 18.0 Å². The van der Waals surface area contributed by atoms with Gasteiger partial charge in [0.15, 0.2) is 11.9 Å². The van der Waals surface area contributed by atoms with Crippen molar-refractivity contribution in [3.8, 4) is 5.75 Å². The monoisotopic (exact) mass is 370 g/mol. The van der Waals surface area contributed by atoms with Crippen LogP contribution in [-0.2, 0) is 9.59 Å². The van der Waals surface area contributed by atoms with Gasteiger partial charge in [-0.05, 0) is 43.2 Å². The van der Waals surface area contributed by atoms with Gasteiger partial charge >= 0.3 is 0 Å². The third-order valence-electron chi connectivity index (χ3n) is 4.31. The molecule has 1 aromatic carbocycles. The molecular weight excluding hydrogens is 348 g/mol. The maximum Gasteiger partial charge on any atom is 0.268 e. The molecule has 27 heavy (non-hydrogen) atoms. The average Bonchev–Trinajstić information content (AvgIpc) is 3.22. The quantitative estimate of drug-likeness (QED) is 0.757. The van der Waals surface area contributed by atoms with Gasteiger partial charge in [0.25, 0.3) is 5.91 Å². The Morgan fingerprint density at radius 3 is 2.70 bits per heavy atom. The molecule has 1 atom stereocenters. The summed E-state index contributed by atoms with van der Waals surface area (Å²) < 4.78 is 10.9. The number of fused-ring (bicyclic) bond motifs is 1. The van der Waals surface area contributed by atoms with Crippen molar-refractivity contribution in [1.29, 1.82) is 0 Å². The molecule has 2 aromatic rings. The fourth-order valence-electron chi connectivity index (χ4n) is 2.90. The van der Waals surface area contributed by atoms with E-state index in [9.17, 15) is 14.4 Å². The number of carbonyl (C=O) groups excluding carboxylic acids is 3. The van der Waals surface area contributed by atoms with Crippen molar-refractivity contribution in [2.24, 2.45) is 0 Å². The first kappa shape index (κ1) is 18.7. The fourth-order valence-corrected chi connectivity index (χ4v) is 2.90. The van der Waals surface area contributed by atoms with Crippen molar-refractivity contribution in [3.63, 3.8) is 0 Å². The zero-order valence-corrected chi connectivity index (χ0v) is 15.4. The lowest BCUT2D eigenvalue weighted by Gasteiger charge is -2.34. The van der Waals surface area contributed by atoms with Crippen molar-refractivity contribution in [1.82, 2.24) is 5.32 Å². The van der Waals surface area contributed by atoms with Crippen molar-refractivity contribution in [3.05, 3.63) is 47.9 Å². The number of benzene rings is 1. The molecule has 0 unspecified atom stereocenters. The number of nitrogens with one attached hydrogen (secondary N) is 1. The van der Waals surface area contributed by atoms with E-state index in [0.29, 0.717) is 30.0 Å². The van der Waals surface area contributed by atoms with Crippen molar-refractivity contribution < 1.29 is 23.5 Å². The Hall–Kier alpha value is -3.09. The summed E-state index contributed by atoms with van der Waals surface area (Å²) in [4.78, 5) is 38.9. The van der Waals surface area contributed by atoms with Crippen LogP contribution in [0.15, 0.2) is 41.0 Å². The maximum atomic E-state index is 12.8. The Labute approximate surface area is 157 Å². The molecular formula is C20H22N2O5. The van der Waals surface area contributed by atoms with E-state index in [2.05, 4.69) is 5.32 Å². The minimum absolute atomic E-state index is 0.121. The first-order valence-electron chi connectivity index (χ1n) is 9.02. The number of hydrogen-bond acceptors (Lipinski definition) is 5. The fraction of sp³-hybridized carbons (Fsp3) is 0.350. The van der Waals surface area contributed by atoms with Gasteiger partial charge in [0.2, 0.25) is 11.7 Å². The van der Waals surface area contributed by atoms with Gasteiger partial charge in [-0.25, -0.2) is 0 Å². The summed E-state index contributed by atoms with van der Waals surface area (Å²) in [6.45, 7) is 4.22. The van der Waals surface area contributed by atoms with Gasteiger partial charge in [-0.2, -0.15) is 0 Å². The Morgan fingerprint density at radius 1 is 1.22 bits per heavy atom. The molecule has 1 aliphatic heterocycles. The van der Waals surface area contributed by atoms with Gasteiger partial charge in [0, 0.05) is 12.1 Å². The number of hydrogen-bond donors (Lipinski definition) is 1. The van der Waals surface area contributed by atoms with Crippen LogP contribution in [0.3, 0.4) is 0 Å². The lowest BCUT2D eigenvalue weighted by Crippen LogP contribution is -2.49. The van der Waals surface area contributed by atoms with Crippen LogP contribution in [0, 0.1) is 0 Å². The number of nitrogens with zero attached hydrogens (tertiary/aromatic N) is 1. The molecule has 0 bridgehead atoms. The number of rotatable bonds is 7. The van der Waals surface area contributed by atoms with E-state index >= 15 is 0 Å². The molecule has 7 heteroatoms. The molecule has 7 nitrogen and oxygen atoms in total. The predicted octanol–water partition coefficient (Wildman–Crippen LogP) is 2.54. The minimum Gasteiger partial charge on any atom is -0.478 e. The topological polar surface area (TPSA) is 88.9 Å². The third kappa shape index (κ3) is 3.86. The maximum absolute atomic E-state index is 12.8. The SMILES string of the molecule is CCCNC(=O)CN1C(=O)[C@@H](CC)Oc2ccc(C(=O)c3ccco3)cc21. The van der Waals surface area contributed by atoms with Crippen LogP contribution in [-0.4, -0.2) is 36.8 Å². The number of furan rings is 1. The van der Waals surface area contributed by atoms with Crippen LogP contribution in [0.1, 0.15) is 42.8 Å². The molecule has 0 spiro atoms. The minimum atomic E-state index is -0.650. The first-order chi connectivity index (χ1) is 13.0. The summed E-state index contributed by atoms with van der Waals surface area (Å²) in [5.41, 5.74) is 0.766. The smallest absolute Gasteiger partial charge is 0.268 e. The Balaban J connectivity index is 1.94. The number of anilines is 1. The van der Waals surface area contributed by atoms with E-state index in [-0.39, 0.29) is 29.9 Å². The third-order valence-corrected chi connectivity index (χ3v) is 4.31. The van der Waals surface area contributed by atoms with Gasteiger partial charge in [0.05, 0.1) is 12.0 Å². The highest BCUT2D eigenvalue weighted by Crippen LogP contribution is 2.36. The molecule has 1 aliphatic rings. The molecule has 2 heterocycles. The van der Waals surface area contributed by atoms with Crippen LogP contribution in [0.5, 0.6) is 5.75 Å². The molecule has 2 amide bonds. The number of ether oxygens (including phenoxy) is 1. The van der Waals surface area contributed by atoms with E-state index in [1.54, 1.807) is 30.3 Å². The normalized spacial score (nSPS) is 15.9. The zero-order valence-electron chi connectivity index (χ0n) is 15.4.